The largest absolute Gasteiger partial charge is 0.494 e. The third kappa shape index (κ3) is 3.99. The molecule has 0 saturated heterocycles. The number of carbonyl (C=O) groups excluding carboxylic acids is 1. The summed E-state index contributed by atoms with van der Waals surface area (Å²) in [4.78, 5) is 12.6. The van der Waals surface area contributed by atoms with Crippen molar-refractivity contribution < 1.29 is 19.0 Å². The van der Waals surface area contributed by atoms with Gasteiger partial charge in [0.2, 0.25) is 0 Å². The standard InChI is InChI=1S/C16H22Cl2O4/c1-5-6-7-8-9-10(19)11-14(20-2)12(17)16(22-4)13(18)15(11)21-3/h5-9H2,1-4H3. The van der Waals surface area contributed by atoms with Crippen LogP contribution >= 0.6 is 23.2 Å². The van der Waals surface area contributed by atoms with Gasteiger partial charge in [-0.15, -0.1) is 0 Å². The summed E-state index contributed by atoms with van der Waals surface area (Å²) in [5.41, 5.74) is 0.275. The highest BCUT2D eigenvalue weighted by Crippen LogP contribution is 2.49. The van der Waals surface area contributed by atoms with E-state index >= 15 is 0 Å². The Morgan fingerprint density at radius 1 is 0.864 bits per heavy atom. The van der Waals surface area contributed by atoms with Gasteiger partial charge in [-0.1, -0.05) is 49.4 Å². The van der Waals surface area contributed by atoms with Gasteiger partial charge in [0.15, 0.2) is 23.0 Å². The molecule has 0 unspecified atom stereocenters. The lowest BCUT2D eigenvalue weighted by atomic mass is 10.0. The highest BCUT2D eigenvalue weighted by Gasteiger charge is 2.28. The van der Waals surface area contributed by atoms with Crippen LogP contribution in [-0.4, -0.2) is 27.1 Å². The van der Waals surface area contributed by atoms with Crippen LogP contribution in [0.5, 0.6) is 17.2 Å². The van der Waals surface area contributed by atoms with Crippen molar-refractivity contribution in [3.8, 4) is 17.2 Å². The summed E-state index contributed by atoms with van der Waals surface area (Å²) in [5.74, 6) is 0.608. The summed E-state index contributed by atoms with van der Waals surface area (Å²) >= 11 is 12.5. The lowest BCUT2D eigenvalue weighted by molar-refractivity contribution is 0.0973. The Hall–Kier alpha value is -1.13. The van der Waals surface area contributed by atoms with Crippen molar-refractivity contribution in [2.75, 3.05) is 21.3 Å². The van der Waals surface area contributed by atoms with Gasteiger partial charge in [0.25, 0.3) is 0 Å². The molecule has 0 fully saturated rings. The Balaban J connectivity index is 3.24. The molecule has 0 aromatic heterocycles. The van der Waals surface area contributed by atoms with Crippen molar-refractivity contribution in [3.63, 3.8) is 0 Å². The zero-order valence-corrected chi connectivity index (χ0v) is 14.9. The van der Waals surface area contributed by atoms with Crippen molar-refractivity contribution in [3.05, 3.63) is 15.6 Å². The molecule has 0 radical (unpaired) electrons. The smallest absolute Gasteiger partial charge is 0.170 e. The fourth-order valence-electron chi connectivity index (χ4n) is 2.28. The van der Waals surface area contributed by atoms with Gasteiger partial charge in [0, 0.05) is 6.42 Å². The second-order valence-electron chi connectivity index (χ2n) is 4.84. The minimum atomic E-state index is -0.101. The van der Waals surface area contributed by atoms with Gasteiger partial charge in [-0.2, -0.15) is 0 Å². The highest BCUT2D eigenvalue weighted by atomic mass is 35.5. The Bertz CT molecular complexity index is 498. The Morgan fingerprint density at radius 3 is 1.77 bits per heavy atom. The molecule has 0 bridgehead atoms. The third-order valence-corrected chi connectivity index (χ3v) is 4.09. The predicted octanol–water partition coefficient (Wildman–Crippen LogP) is 5.17. The maximum Gasteiger partial charge on any atom is 0.170 e. The van der Waals surface area contributed by atoms with E-state index in [-0.39, 0.29) is 38.6 Å². The van der Waals surface area contributed by atoms with E-state index in [2.05, 4.69) is 6.92 Å². The molecular weight excluding hydrogens is 327 g/mol. The summed E-state index contributed by atoms with van der Waals surface area (Å²) in [6.07, 6.45) is 4.42. The molecule has 0 N–H and O–H groups in total. The first kappa shape index (κ1) is 18.9. The normalized spacial score (nSPS) is 10.5. The number of benzene rings is 1. The first-order valence-corrected chi connectivity index (χ1v) is 7.99. The van der Waals surface area contributed by atoms with E-state index < -0.39 is 0 Å². The molecule has 0 aliphatic rings. The first-order chi connectivity index (χ1) is 10.5. The lowest BCUT2D eigenvalue weighted by Gasteiger charge is -2.18. The molecule has 0 spiro atoms. The molecule has 0 amide bonds. The number of ether oxygens (including phenoxy) is 3. The Morgan fingerprint density at radius 2 is 1.36 bits per heavy atom. The highest BCUT2D eigenvalue weighted by molar-refractivity contribution is 6.40. The van der Waals surface area contributed by atoms with Gasteiger partial charge in [-0.25, -0.2) is 0 Å². The summed E-state index contributed by atoms with van der Waals surface area (Å²) in [7, 11) is 4.34. The van der Waals surface area contributed by atoms with E-state index in [1.807, 2.05) is 0 Å². The average Bonchev–Trinajstić information content (AvgIpc) is 2.51. The number of rotatable bonds is 9. The molecule has 1 aromatic rings. The lowest BCUT2D eigenvalue weighted by Crippen LogP contribution is -2.07. The number of methoxy groups -OCH3 is 3. The fourth-order valence-corrected chi connectivity index (χ4v) is 3.01. The van der Waals surface area contributed by atoms with Gasteiger partial charge < -0.3 is 14.2 Å². The van der Waals surface area contributed by atoms with Crippen LogP contribution in [0.2, 0.25) is 10.0 Å². The maximum absolute atomic E-state index is 12.6. The number of ketones is 1. The number of halogens is 2. The van der Waals surface area contributed by atoms with Crippen LogP contribution in [-0.2, 0) is 0 Å². The number of hydrogen-bond donors (Lipinski definition) is 0. The summed E-state index contributed by atoms with van der Waals surface area (Å²) in [6.45, 7) is 2.12. The van der Waals surface area contributed by atoms with E-state index in [0.717, 1.165) is 25.7 Å². The molecule has 1 rings (SSSR count). The summed E-state index contributed by atoms with van der Waals surface area (Å²) < 4.78 is 15.8. The Kier molecular flexibility index (Phi) is 7.83. The van der Waals surface area contributed by atoms with E-state index in [9.17, 15) is 4.79 Å². The molecule has 0 heterocycles. The quantitative estimate of drug-likeness (QED) is 0.456. The topological polar surface area (TPSA) is 44.8 Å². The number of Topliss-reactive ketones (excluding diaryl/α,β-unsaturated/α-hetero) is 1. The Labute approximate surface area is 141 Å². The van der Waals surface area contributed by atoms with Crippen molar-refractivity contribution in [2.45, 2.75) is 39.0 Å². The van der Waals surface area contributed by atoms with Crippen LogP contribution in [0.1, 0.15) is 49.4 Å². The van der Waals surface area contributed by atoms with Crippen molar-refractivity contribution in [1.82, 2.24) is 0 Å². The van der Waals surface area contributed by atoms with Crippen LogP contribution < -0.4 is 14.2 Å². The minimum Gasteiger partial charge on any atom is -0.494 e. The second kappa shape index (κ2) is 9.11. The summed E-state index contributed by atoms with van der Waals surface area (Å²) in [6, 6.07) is 0. The second-order valence-corrected chi connectivity index (χ2v) is 5.59. The van der Waals surface area contributed by atoms with E-state index in [0.29, 0.717) is 6.42 Å². The van der Waals surface area contributed by atoms with Gasteiger partial charge in [0.05, 0.1) is 21.3 Å². The monoisotopic (exact) mass is 348 g/mol. The molecule has 0 atom stereocenters. The van der Waals surface area contributed by atoms with Gasteiger partial charge >= 0.3 is 0 Å². The number of hydrogen-bond acceptors (Lipinski definition) is 4. The summed E-state index contributed by atoms with van der Waals surface area (Å²) in [5, 5.41) is 0.348. The molecule has 0 saturated carbocycles. The average molecular weight is 349 g/mol. The molecule has 1 aromatic carbocycles. The maximum atomic E-state index is 12.6. The molecule has 0 aliphatic carbocycles. The van der Waals surface area contributed by atoms with Crippen LogP contribution in [0.3, 0.4) is 0 Å². The first-order valence-electron chi connectivity index (χ1n) is 7.23. The van der Waals surface area contributed by atoms with E-state index in [1.165, 1.54) is 21.3 Å². The molecular formula is C16H22Cl2O4. The molecule has 124 valence electrons. The fraction of sp³-hybridized carbons (Fsp3) is 0.562. The van der Waals surface area contributed by atoms with Gasteiger partial charge in [-0.05, 0) is 6.42 Å². The molecule has 4 nitrogen and oxygen atoms in total. The van der Waals surface area contributed by atoms with Crippen LogP contribution in [0.25, 0.3) is 0 Å². The molecule has 6 heteroatoms. The minimum absolute atomic E-state index is 0.101. The van der Waals surface area contributed by atoms with E-state index in [4.69, 9.17) is 37.4 Å². The number of unbranched alkanes of at least 4 members (excludes halogenated alkanes) is 3. The van der Waals surface area contributed by atoms with Gasteiger partial charge in [0.1, 0.15) is 15.6 Å². The van der Waals surface area contributed by atoms with Crippen molar-refractivity contribution in [2.24, 2.45) is 0 Å². The number of carbonyl (C=O) groups is 1. The molecule has 0 aliphatic heterocycles. The SMILES string of the molecule is CCCCCCC(=O)c1c(OC)c(Cl)c(OC)c(Cl)c1OC. The predicted molar refractivity (Wildman–Crippen MR) is 89.2 cm³/mol. The van der Waals surface area contributed by atoms with Crippen molar-refractivity contribution in [1.29, 1.82) is 0 Å². The van der Waals surface area contributed by atoms with Crippen LogP contribution in [0, 0.1) is 0 Å². The van der Waals surface area contributed by atoms with Crippen LogP contribution in [0.4, 0.5) is 0 Å². The zero-order chi connectivity index (χ0) is 16.7. The zero-order valence-electron chi connectivity index (χ0n) is 13.4. The van der Waals surface area contributed by atoms with E-state index in [1.54, 1.807) is 0 Å². The van der Waals surface area contributed by atoms with Crippen molar-refractivity contribution >= 4 is 29.0 Å². The van der Waals surface area contributed by atoms with Gasteiger partial charge in [-0.3, -0.25) is 4.79 Å². The van der Waals surface area contributed by atoms with Crippen LogP contribution in [0.15, 0.2) is 0 Å². The molecule has 22 heavy (non-hydrogen) atoms. The third-order valence-electron chi connectivity index (χ3n) is 3.40.